The zero-order valence-electron chi connectivity index (χ0n) is 29.4. The predicted molar refractivity (Wildman–Crippen MR) is 184 cm³/mol. The molecule has 13 nitrogen and oxygen atoms in total. The van der Waals surface area contributed by atoms with Crippen LogP contribution in [-0.4, -0.2) is 87.0 Å². The molecule has 0 aliphatic carbocycles. The van der Waals surface area contributed by atoms with Crippen molar-refractivity contribution >= 4 is 40.6 Å². The van der Waals surface area contributed by atoms with E-state index in [0.717, 1.165) is 5.56 Å². The van der Waals surface area contributed by atoms with E-state index in [4.69, 9.17) is 0 Å². The lowest BCUT2D eigenvalue weighted by Crippen LogP contribution is -2.87. The Morgan fingerprint density at radius 3 is 2.31 bits per heavy atom. The molecule has 1 aliphatic rings. The van der Waals surface area contributed by atoms with E-state index in [0.29, 0.717) is 43.8 Å². The Bertz CT molecular complexity index is 1340. The van der Waals surface area contributed by atoms with Gasteiger partial charge in [0.15, 0.2) is 11.1 Å². The average Bonchev–Trinajstić information content (AvgIpc) is 3.50. The standard InChI is InChI=1S/C34H54N6O7S/c1-9-14-23(27(41)30(43)36-18-10-2)37-29(42)24-16-13-19-40(24)31(44)28(34(6,7)8)39-32(45)38-26(33(3,4)5)21-35-20-22-15-11-12-17-25(22)48(46)47/h10-12,15,17,23-24,26,28,35H,2,9,13-14,16,18-21H2,1,3-8H3,(H,36,43)(H,37,42)(H,46,47)(H2,38,39,45)/p+1/t23?,24-,26+,28+/m0/s1. The van der Waals surface area contributed by atoms with Gasteiger partial charge in [0.2, 0.25) is 17.6 Å². The first kappa shape index (κ1) is 40.6. The molecule has 0 saturated carbocycles. The Balaban J connectivity index is 2.15. The third kappa shape index (κ3) is 11.8. The molecule has 2 rings (SSSR count). The number of likely N-dealkylation sites (tertiary alicyclic amines) is 1. The van der Waals surface area contributed by atoms with Crippen LogP contribution in [0.3, 0.4) is 0 Å². The highest BCUT2D eigenvalue weighted by Crippen LogP contribution is 2.26. The molecular formula is C34H55N6O7S+. The third-order valence-corrected chi connectivity index (χ3v) is 9.12. The molecule has 0 aromatic heterocycles. The molecule has 1 aliphatic heterocycles. The van der Waals surface area contributed by atoms with Crippen LogP contribution in [0.2, 0.25) is 0 Å². The van der Waals surface area contributed by atoms with Gasteiger partial charge in [-0.15, -0.1) is 6.58 Å². The fourth-order valence-electron chi connectivity index (χ4n) is 5.56. The summed E-state index contributed by atoms with van der Waals surface area (Å²) in [7, 11) is 0. The number of amides is 5. The van der Waals surface area contributed by atoms with Crippen LogP contribution in [0.15, 0.2) is 41.8 Å². The molecule has 48 heavy (non-hydrogen) atoms. The van der Waals surface area contributed by atoms with Crippen molar-refractivity contribution in [2.75, 3.05) is 19.6 Å². The van der Waals surface area contributed by atoms with Gasteiger partial charge in [0.1, 0.15) is 18.6 Å². The summed E-state index contributed by atoms with van der Waals surface area (Å²) in [4.78, 5) is 67.8. The van der Waals surface area contributed by atoms with E-state index in [1.165, 1.54) is 11.0 Å². The first-order valence-electron chi connectivity index (χ1n) is 16.5. The van der Waals surface area contributed by atoms with Crippen molar-refractivity contribution in [3.8, 4) is 0 Å². The zero-order valence-corrected chi connectivity index (χ0v) is 30.2. The third-order valence-electron chi connectivity index (χ3n) is 8.35. The second-order valence-corrected chi connectivity index (χ2v) is 15.3. The number of Topliss-reactive ketones (excluding diaryl/α,β-unsaturated/α-hetero) is 1. The normalized spacial score (nSPS) is 17.4. The highest BCUT2D eigenvalue weighted by molar-refractivity contribution is 7.79. The minimum Gasteiger partial charge on any atom is -0.346 e. The van der Waals surface area contributed by atoms with Gasteiger partial charge < -0.3 is 36.0 Å². The van der Waals surface area contributed by atoms with Crippen LogP contribution >= 0.6 is 0 Å². The van der Waals surface area contributed by atoms with Crippen LogP contribution in [0.25, 0.3) is 0 Å². The van der Waals surface area contributed by atoms with Crippen molar-refractivity contribution in [2.24, 2.45) is 10.8 Å². The number of hydrogen-bond acceptors (Lipinski definition) is 6. The maximum atomic E-state index is 14.0. The lowest BCUT2D eigenvalue weighted by Gasteiger charge is -2.36. The number of nitrogens with zero attached hydrogens (tertiary/aromatic N) is 1. The van der Waals surface area contributed by atoms with Crippen LogP contribution in [0.4, 0.5) is 4.79 Å². The van der Waals surface area contributed by atoms with E-state index in [9.17, 15) is 32.7 Å². The number of ketones is 1. The Kier molecular flexibility index (Phi) is 15.4. The number of nitrogens with two attached hydrogens (primary N) is 1. The molecule has 1 heterocycles. The van der Waals surface area contributed by atoms with Gasteiger partial charge in [-0.2, -0.15) is 0 Å². The molecule has 0 spiro atoms. The first-order valence-corrected chi connectivity index (χ1v) is 17.6. The van der Waals surface area contributed by atoms with Crippen molar-refractivity contribution < 1.29 is 38.1 Å². The van der Waals surface area contributed by atoms with E-state index in [1.807, 2.05) is 53.8 Å². The minimum absolute atomic E-state index is 0.119. The van der Waals surface area contributed by atoms with Crippen molar-refractivity contribution in [1.82, 2.24) is 26.2 Å². The van der Waals surface area contributed by atoms with E-state index in [1.54, 1.807) is 24.3 Å². The van der Waals surface area contributed by atoms with Crippen molar-refractivity contribution in [1.29, 1.82) is 0 Å². The molecular weight excluding hydrogens is 636 g/mol. The summed E-state index contributed by atoms with van der Waals surface area (Å²) in [6, 6.07) is 3.18. The van der Waals surface area contributed by atoms with Crippen LogP contribution in [0.5, 0.6) is 0 Å². The van der Waals surface area contributed by atoms with E-state index in [-0.39, 0.29) is 24.4 Å². The highest BCUT2D eigenvalue weighted by Gasteiger charge is 2.43. The molecule has 1 saturated heterocycles. The molecule has 5 atom stereocenters. The highest BCUT2D eigenvalue weighted by atomic mass is 32.2. The largest absolute Gasteiger partial charge is 0.346 e. The summed E-state index contributed by atoms with van der Waals surface area (Å²) in [6.07, 6.45) is 3.21. The number of benzene rings is 1. The number of quaternary nitrogens is 1. The summed E-state index contributed by atoms with van der Waals surface area (Å²) in [5.74, 6) is -2.50. The average molecular weight is 692 g/mol. The van der Waals surface area contributed by atoms with Crippen molar-refractivity contribution in [3.05, 3.63) is 42.5 Å². The van der Waals surface area contributed by atoms with Crippen molar-refractivity contribution in [2.45, 2.75) is 110 Å². The van der Waals surface area contributed by atoms with Gasteiger partial charge in [-0.25, -0.2) is 9.00 Å². The summed E-state index contributed by atoms with van der Waals surface area (Å²) >= 11 is -2.11. The fraction of sp³-hybridized carbons (Fsp3) is 0.618. The molecule has 14 heteroatoms. The molecule has 5 amide bonds. The quantitative estimate of drug-likeness (QED) is 0.0862. The number of rotatable bonds is 16. The molecule has 0 radical (unpaired) electrons. The van der Waals surface area contributed by atoms with Crippen LogP contribution in [0, 0.1) is 10.8 Å². The van der Waals surface area contributed by atoms with Gasteiger partial charge in [-0.05, 0) is 36.2 Å². The zero-order chi connectivity index (χ0) is 36.2. The molecule has 1 aromatic carbocycles. The predicted octanol–water partition coefficient (Wildman–Crippen LogP) is 1.61. The van der Waals surface area contributed by atoms with Crippen LogP contribution < -0.4 is 26.6 Å². The Morgan fingerprint density at radius 1 is 1.06 bits per heavy atom. The van der Waals surface area contributed by atoms with E-state index < -0.39 is 64.2 Å². The van der Waals surface area contributed by atoms with Gasteiger partial charge in [-0.1, -0.05) is 79.2 Å². The van der Waals surface area contributed by atoms with Crippen LogP contribution in [0.1, 0.15) is 79.7 Å². The molecule has 1 aromatic rings. The summed E-state index contributed by atoms with van der Waals surface area (Å²) in [5, 5.41) is 13.0. The molecule has 1 fully saturated rings. The number of nitrogens with one attached hydrogen (secondary N) is 4. The SMILES string of the molecule is C=CCNC(=O)C(=O)C(CCC)NC(=O)[C@@H]1CCCN1C(=O)[C@@H](NC(=O)N[C@H](C[NH2+]Cc1ccccc1S(=O)O)C(C)(C)C)C(C)(C)C. The summed E-state index contributed by atoms with van der Waals surface area (Å²) in [6.45, 7) is 18.1. The van der Waals surface area contributed by atoms with Crippen molar-refractivity contribution in [3.63, 3.8) is 0 Å². The van der Waals surface area contributed by atoms with E-state index >= 15 is 0 Å². The minimum atomic E-state index is -2.11. The lowest BCUT2D eigenvalue weighted by molar-refractivity contribution is -0.674. The Labute approximate surface area is 287 Å². The van der Waals surface area contributed by atoms with Gasteiger partial charge in [0.25, 0.3) is 5.91 Å². The van der Waals surface area contributed by atoms with Gasteiger partial charge >= 0.3 is 6.03 Å². The molecule has 7 N–H and O–H groups in total. The monoisotopic (exact) mass is 691 g/mol. The number of carbonyl (C=O) groups excluding carboxylic acids is 5. The Morgan fingerprint density at radius 2 is 1.73 bits per heavy atom. The first-order chi connectivity index (χ1) is 22.4. The number of hydrogen-bond donors (Lipinski definition) is 6. The topological polar surface area (TPSA) is 191 Å². The smallest absolute Gasteiger partial charge is 0.315 e. The maximum absolute atomic E-state index is 14.0. The maximum Gasteiger partial charge on any atom is 0.315 e. The summed E-state index contributed by atoms with van der Waals surface area (Å²) < 4.78 is 21.3. The lowest BCUT2D eigenvalue weighted by atomic mass is 9.85. The molecule has 0 bridgehead atoms. The molecule has 2 unspecified atom stereocenters. The number of carbonyl (C=O) groups is 5. The summed E-state index contributed by atoms with van der Waals surface area (Å²) in [5.41, 5.74) is -0.351. The fourth-order valence-corrected chi connectivity index (χ4v) is 6.13. The second kappa shape index (κ2) is 18.2. The van der Waals surface area contributed by atoms with Crippen LogP contribution in [-0.2, 0) is 36.8 Å². The van der Waals surface area contributed by atoms with E-state index in [2.05, 4.69) is 27.8 Å². The van der Waals surface area contributed by atoms with Gasteiger partial charge in [0.05, 0.1) is 23.5 Å². The van der Waals surface area contributed by atoms with Gasteiger partial charge in [-0.3, -0.25) is 19.2 Å². The second-order valence-electron chi connectivity index (χ2n) is 14.3. The Hall–Kier alpha value is -3.62. The van der Waals surface area contributed by atoms with Gasteiger partial charge in [0, 0.05) is 18.7 Å². The molecule has 268 valence electrons. The number of urea groups is 1.